The summed E-state index contributed by atoms with van der Waals surface area (Å²) in [5.74, 6) is 0.335. The van der Waals surface area contributed by atoms with Crippen molar-refractivity contribution >= 4 is 5.91 Å². The van der Waals surface area contributed by atoms with Gasteiger partial charge in [-0.3, -0.25) is 4.79 Å². The fourth-order valence-electron chi connectivity index (χ4n) is 3.97. The van der Waals surface area contributed by atoms with Crippen molar-refractivity contribution in [1.29, 1.82) is 0 Å². The first-order valence-corrected chi connectivity index (χ1v) is 9.31. The fraction of sp³-hybridized carbons (Fsp3) is 0.650. The van der Waals surface area contributed by atoms with Gasteiger partial charge in [-0.15, -0.1) is 0 Å². The third-order valence-corrected chi connectivity index (χ3v) is 5.75. The molecule has 0 aliphatic carbocycles. The number of amides is 1. The van der Waals surface area contributed by atoms with Gasteiger partial charge in [0, 0.05) is 51.1 Å². The molecule has 0 aromatic heterocycles. The second kappa shape index (κ2) is 7.66. The molecule has 1 aromatic carbocycles. The van der Waals surface area contributed by atoms with Crippen LogP contribution in [0, 0.1) is 0 Å². The third-order valence-electron chi connectivity index (χ3n) is 5.75. The fourth-order valence-corrected chi connectivity index (χ4v) is 3.97. The number of piperidine rings is 1. The molecule has 132 valence electrons. The summed E-state index contributed by atoms with van der Waals surface area (Å²) in [7, 11) is 2.19. The second-order valence-electron chi connectivity index (χ2n) is 7.74. The predicted molar refractivity (Wildman–Crippen MR) is 98.2 cm³/mol. The normalized spacial score (nSPS) is 26.8. The summed E-state index contributed by atoms with van der Waals surface area (Å²) >= 11 is 0. The molecule has 1 aromatic rings. The maximum Gasteiger partial charge on any atom is 0.222 e. The molecule has 1 atom stereocenters. The molecule has 4 heteroatoms. The van der Waals surface area contributed by atoms with Gasteiger partial charge in [0.1, 0.15) is 0 Å². The molecule has 0 radical (unpaired) electrons. The van der Waals surface area contributed by atoms with E-state index >= 15 is 0 Å². The molecule has 0 unspecified atom stereocenters. The van der Waals surface area contributed by atoms with Crippen LogP contribution in [0.5, 0.6) is 0 Å². The van der Waals surface area contributed by atoms with E-state index in [0.29, 0.717) is 12.3 Å². The van der Waals surface area contributed by atoms with Crippen LogP contribution in [0.4, 0.5) is 0 Å². The van der Waals surface area contributed by atoms with Crippen molar-refractivity contribution in [3.8, 4) is 0 Å². The minimum Gasteiger partial charge on any atom is -0.342 e. The predicted octanol–water partition coefficient (Wildman–Crippen LogP) is 2.20. The third kappa shape index (κ3) is 4.17. The number of benzene rings is 1. The Kier molecular flexibility index (Phi) is 5.57. The number of rotatable bonds is 5. The van der Waals surface area contributed by atoms with Gasteiger partial charge in [0.15, 0.2) is 0 Å². The zero-order valence-electron chi connectivity index (χ0n) is 15.2. The zero-order chi connectivity index (χ0) is 17.0. The van der Waals surface area contributed by atoms with Crippen LogP contribution in [-0.4, -0.2) is 73.5 Å². The van der Waals surface area contributed by atoms with E-state index in [2.05, 4.69) is 59.0 Å². The maximum atomic E-state index is 12.3. The van der Waals surface area contributed by atoms with E-state index in [1.807, 2.05) is 0 Å². The number of hydrogen-bond acceptors (Lipinski definition) is 3. The zero-order valence-corrected chi connectivity index (χ0v) is 15.2. The lowest BCUT2D eigenvalue weighted by molar-refractivity contribution is -0.135. The highest BCUT2D eigenvalue weighted by molar-refractivity contribution is 5.77. The van der Waals surface area contributed by atoms with E-state index in [9.17, 15) is 4.79 Å². The van der Waals surface area contributed by atoms with E-state index < -0.39 is 0 Å². The highest BCUT2D eigenvalue weighted by Crippen LogP contribution is 2.34. The lowest BCUT2D eigenvalue weighted by Crippen LogP contribution is -2.49. The summed E-state index contributed by atoms with van der Waals surface area (Å²) in [6.45, 7) is 9.82. The number of carbonyl (C=O) groups excluding carboxylic acids is 1. The molecule has 0 bridgehead atoms. The molecule has 2 aliphatic heterocycles. The van der Waals surface area contributed by atoms with E-state index in [-0.39, 0.29) is 5.41 Å². The van der Waals surface area contributed by atoms with Crippen LogP contribution >= 0.6 is 0 Å². The van der Waals surface area contributed by atoms with E-state index in [0.717, 1.165) is 58.7 Å². The lowest BCUT2D eigenvalue weighted by atomic mass is 9.75. The Morgan fingerprint density at radius 3 is 2.46 bits per heavy atom. The molecule has 1 amide bonds. The summed E-state index contributed by atoms with van der Waals surface area (Å²) in [6.07, 6.45) is 2.73. The molecular formula is C20H31N3O. The molecule has 0 saturated carbocycles. The number of likely N-dealkylation sites (N-methyl/N-ethyl adjacent to an activating group) is 1. The van der Waals surface area contributed by atoms with Gasteiger partial charge in [0.25, 0.3) is 0 Å². The average molecular weight is 329 g/mol. The van der Waals surface area contributed by atoms with Gasteiger partial charge in [-0.1, -0.05) is 37.3 Å². The molecule has 24 heavy (non-hydrogen) atoms. The Balaban J connectivity index is 1.52. The quantitative estimate of drug-likeness (QED) is 0.829. The van der Waals surface area contributed by atoms with Gasteiger partial charge in [-0.25, -0.2) is 0 Å². The van der Waals surface area contributed by atoms with Crippen molar-refractivity contribution in [2.45, 2.75) is 31.6 Å². The molecule has 2 fully saturated rings. The molecule has 2 heterocycles. The summed E-state index contributed by atoms with van der Waals surface area (Å²) in [5.41, 5.74) is 1.46. The smallest absolute Gasteiger partial charge is 0.222 e. The first kappa shape index (κ1) is 17.4. The number of carbonyl (C=O) groups is 1. The Morgan fingerprint density at radius 2 is 1.75 bits per heavy atom. The average Bonchev–Trinajstić information content (AvgIpc) is 2.61. The monoisotopic (exact) mass is 329 g/mol. The van der Waals surface area contributed by atoms with Crippen molar-refractivity contribution in [3.05, 3.63) is 35.9 Å². The number of likely N-dealkylation sites (tertiary alicyclic amines) is 1. The van der Waals surface area contributed by atoms with Crippen LogP contribution in [0.3, 0.4) is 0 Å². The van der Waals surface area contributed by atoms with Crippen LogP contribution in [0.2, 0.25) is 0 Å². The Hall–Kier alpha value is -1.39. The molecule has 2 saturated heterocycles. The molecule has 0 N–H and O–H groups in total. The Labute approximate surface area is 146 Å². The van der Waals surface area contributed by atoms with Crippen LogP contribution in [0.1, 0.15) is 31.7 Å². The SMILES string of the molecule is CN1CCN(CCCN2C[C@](C)(c3ccccc3)CCC2=O)CC1. The number of piperazine rings is 1. The second-order valence-corrected chi connectivity index (χ2v) is 7.74. The van der Waals surface area contributed by atoms with Gasteiger partial charge in [0.2, 0.25) is 5.91 Å². The molecule has 4 nitrogen and oxygen atoms in total. The van der Waals surface area contributed by atoms with E-state index in [4.69, 9.17) is 0 Å². The number of nitrogens with zero attached hydrogens (tertiary/aromatic N) is 3. The highest BCUT2D eigenvalue weighted by Gasteiger charge is 2.35. The van der Waals surface area contributed by atoms with Crippen molar-refractivity contribution in [2.75, 3.05) is 52.9 Å². The van der Waals surface area contributed by atoms with Gasteiger partial charge in [-0.05, 0) is 32.0 Å². The van der Waals surface area contributed by atoms with Crippen LogP contribution < -0.4 is 0 Å². The number of hydrogen-bond donors (Lipinski definition) is 0. The van der Waals surface area contributed by atoms with Gasteiger partial charge in [-0.2, -0.15) is 0 Å². The van der Waals surface area contributed by atoms with Gasteiger partial charge >= 0.3 is 0 Å². The van der Waals surface area contributed by atoms with Crippen molar-refractivity contribution < 1.29 is 4.79 Å². The van der Waals surface area contributed by atoms with Crippen LogP contribution in [-0.2, 0) is 10.2 Å². The Bertz CT molecular complexity index is 539. The van der Waals surface area contributed by atoms with Crippen molar-refractivity contribution in [3.63, 3.8) is 0 Å². The molecule has 3 rings (SSSR count). The summed E-state index contributed by atoms with van der Waals surface area (Å²) in [4.78, 5) is 19.4. The Morgan fingerprint density at radius 1 is 1.04 bits per heavy atom. The largest absolute Gasteiger partial charge is 0.342 e. The van der Waals surface area contributed by atoms with Crippen molar-refractivity contribution in [2.24, 2.45) is 0 Å². The molecule has 0 spiro atoms. The van der Waals surface area contributed by atoms with Crippen molar-refractivity contribution in [1.82, 2.24) is 14.7 Å². The lowest BCUT2D eigenvalue weighted by Gasteiger charge is -2.41. The minimum atomic E-state index is 0.100. The van der Waals surface area contributed by atoms with Crippen LogP contribution in [0.15, 0.2) is 30.3 Å². The first-order valence-electron chi connectivity index (χ1n) is 9.31. The summed E-state index contributed by atoms with van der Waals surface area (Å²) < 4.78 is 0. The van der Waals surface area contributed by atoms with Gasteiger partial charge in [0.05, 0.1) is 0 Å². The molecular weight excluding hydrogens is 298 g/mol. The standard InChI is InChI=1S/C20H31N3O/c1-20(18-7-4-3-5-8-18)10-9-19(24)23(17-20)12-6-11-22-15-13-21(2)14-16-22/h3-5,7-8H,6,9-17H2,1-2H3/t20-/m1/s1. The first-order chi connectivity index (χ1) is 11.6. The molecule has 2 aliphatic rings. The van der Waals surface area contributed by atoms with Crippen LogP contribution in [0.25, 0.3) is 0 Å². The topological polar surface area (TPSA) is 26.8 Å². The van der Waals surface area contributed by atoms with E-state index in [1.54, 1.807) is 0 Å². The summed E-state index contributed by atoms with van der Waals surface area (Å²) in [5, 5.41) is 0. The summed E-state index contributed by atoms with van der Waals surface area (Å²) in [6, 6.07) is 10.7. The van der Waals surface area contributed by atoms with E-state index in [1.165, 1.54) is 5.56 Å². The maximum absolute atomic E-state index is 12.3. The highest BCUT2D eigenvalue weighted by atomic mass is 16.2. The minimum absolute atomic E-state index is 0.100. The van der Waals surface area contributed by atoms with Gasteiger partial charge < -0.3 is 14.7 Å².